The molecule has 0 radical (unpaired) electrons. The standard InChI is InChI=1S/C37H46N8O4/c1-22-30-26-16-28(25-8-6-7-9-29(25)46)41-42-31(26)40-27(30)10-13-44(22)33-38-19-23(20-39-33)37(49-5)11-14-43(15-12-37)24-17-36(18-24)21-45(34(47)48)32(36)35(2,3)4/h6-9,16,19-20,22,24,32,46H,10-15,17-18,21H2,1-5H3,(H,40,42)(H,47,48)/t22-,24?,32-,36?/m1/s1. The van der Waals surface area contributed by atoms with Gasteiger partial charge in [-0.25, -0.2) is 14.8 Å². The summed E-state index contributed by atoms with van der Waals surface area (Å²) >= 11 is 0. The lowest BCUT2D eigenvalue weighted by molar-refractivity contribution is -0.185. The van der Waals surface area contributed by atoms with Crippen molar-refractivity contribution in [2.24, 2.45) is 10.8 Å². The third kappa shape index (κ3) is 5.05. The number of hydrogen-bond acceptors (Lipinski definition) is 9. The molecule has 3 aliphatic heterocycles. The van der Waals surface area contributed by atoms with Crippen LogP contribution in [0.25, 0.3) is 22.3 Å². The largest absolute Gasteiger partial charge is 0.507 e. The number of nitrogens with one attached hydrogen (secondary N) is 1. The van der Waals surface area contributed by atoms with E-state index >= 15 is 0 Å². The number of aromatic nitrogens is 5. The molecule has 1 spiro atoms. The van der Waals surface area contributed by atoms with E-state index < -0.39 is 11.7 Å². The molecule has 2 atom stereocenters. The Kier molecular flexibility index (Phi) is 7.42. The summed E-state index contributed by atoms with van der Waals surface area (Å²) in [6, 6.07) is 9.77. The monoisotopic (exact) mass is 666 g/mol. The lowest BCUT2D eigenvalue weighted by Gasteiger charge is -2.68. The molecule has 258 valence electrons. The third-order valence-corrected chi connectivity index (χ3v) is 12.0. The average Bonchev–Trinajstić information content (AvgIpc) is 3.42. The molecule has 12 nitrogen and oxygen atoms in total. The van der Waals surface area contributed by atoms with Gasteiger partial charge in [-0.2, -0.15) is 0 Å². The smallest absolute Gasteiger partial charge is 0.407 e. The van der Waals surface area contributed by atoms with E-state index in [0.29, 0.717) is 29.8 Å². The number of likely N-dealkylation sites (tertiary alicyclic amines) is 2. The van der Waals surface area contributed by atoms with Crippen LogP contribution in [0.15, 0.2) is 42.7 Å². The van der Waals surface area contributed by atoms with Gasteiger partial charge < -0.3 is 34.6 Å². The number of phenols is 1. The lowest BCUT2D eigenvalue weighted by atomic mass is 9.50. The van der Waals surface area contributed by atoms with E-state index in [1.807, 2.05) is 30.6 Å². The van der Waals surface area contributed by atoms with Crippen LogP contribution in [-0.2, 0) is 16.8 Å². The van der Waals surface area contributed by atoms with Crippen molar-refractivity contribution < 1.29 is 19.7 Å². The Balaban J connectivity index is 0.953. The number of para-hydroxylation sites is 1. The van der Waals surface area contributed by atoms with Gasteiger partial charge in [0, 0.05) is 97.4 Å². The van der Waals surface area contributed by atoms with Crippen LogP contribution in [0.4, 0.5) is 10.7 Å². The maximum atomic E-state index is 11.8. The molecule has 6 heterocycles. The Labute approximate surface area is 286 Å². The van der Waals surface area contributed by atoms with Crippen molar-refractivity contribution in [2.75, 3.05) is 38.2 Å². The number of anilines is 1. The number of carboxylic acid groups (broad SMARTS) is 1. The zero-order chi connectivity index (χ0) is 34.3. The molecule has 3 N–H and O–H groups in total. The second-order valence-electron chi connectivity index (χ2n) is 15.8. The van der Waals surface area contributed by atoms with Crippen LogP contribution in [0.1, 0.15) is 76.2 Å². The quantitative estimate of drug-likeness (QED) is 0.241. The first-order valence-corrected chi connectivity index (χ1v) is 17.5. The summed E-state index contributed by atoms with van der Waals surface area (Å²) in [6.45, 7) is 12.0. The summed E-state index contributed by atoms with van der Waals surface area (Å²) in [6.07, 6.45) is 7.74. The molecule has 0 unspecified atom stereocenters. The fourth-order valence-electron chi connectivity index (χ4n) is 9.77. The maximum Gasteiger partial charge on any atom is 0.407 e. The molecule has 1 aliphatic carbocycles. The number of H-pyrrole nitrogens is 1. The first-order chi connectivity index (χ1) is 23.4. The van der Waals surface area contributed by atoms with Gasteiger partial charge in [-0.1, -0.05) is 32.9 Å². The van der Waals surface area contributed by atoms with E-state index in [0.717, 1.165) is 79.6 Å². The lowest BCUT2D eigenvalue weighted by Crippen LogP contribution is -2.76. The van der Waals surface area contributed by atoms with Crippen molar-refractivity contribution in [3.05, 3.63) is 59.5 Å². The Morgan fingerprint density at radius 1 is 1.06 bits per heavy atom. The molecule has 1 aromatic carbocycles. The molecule has 49 heavy (non-hydrogen) atoms. The van der Waals surface area contributed by atoms with Crippen LogP contribution in [0.3, 0.4) is 0 Å². The number of phenolic OH excluding ortho intramolecular Hbond substituents is 1. The molecule has 0 bridgehead atoms. The summed E-state index contributed by atoms with van der Waals surface area (Å²) in [5.74, 6) is 0.864. The molecule has 1 saturated carbocycles. The number of hydrogen-bond donors (Lipinski definition) is 3. The number of fused-ring (bicyclic) bond motifs is 3. The minimum Gasteiger partial charge on any atom is -0.507 e. The van der Waals surface area contributed by atoms with Crippen LogP contribution in [0.2, 0.25) is 0 Å². The van der Waals surface area contributed by atoms with E-state index in [1.165, 1.54) is 0 Å². The number of nitrogens with zero attached hydrogens (tertiary/aromatic N) is 7. The number of ether oxygens (including phenoxy) is 1. The molecule has 1 amide bonds. The Bertz CT molecular complexity index is 1890. The summed E-state index contributed by atoms with van der Waals surface area (Å²) in [7, 11) is 1.79. The molecule has 2 saturated heterocycles. The predicted octanol–water partition coefficient (Wildman–Crippen LogP) is 5.74. The number of benzene rings is 1. The topological polar surface area (TPSA) is 144 Å². The number of aromatic amines is 1. The van der Waals surface area contributed by atoms with Crippen molar-refractivity contribution in [1.82, 2.24) is 34.9 Å². The second-order valence-corrected chi connectivity index (χ2v) is 15.8. The van der Waals surface area contributed by atoms with Crippen molar-refractivity contribution in [1.29, 1.82) is 0 Å². The van der Waals surface area contributed by atoms with Crippen LogP contribution < -0.4 is 4.90 Å². The molecule has 4 aromatic rings. The van der Waals surface area contributed by atoms with Crippen LogP contribution in [-0.4, -0.2) is 96.6 Å². The van der Waals surface area contributed by atoms with Gasteiger partial charge in [0.1, 0.15) is 5.75 Å². The Morgan fingerprint density at radius 3 is 2.43 bits per heavy atom. The van der Waals surface area contributed by atoms with Gasteiger partial charge in [-0.05, 0) is 56.2 Å². The summed E-state index contributed by atoms with van der Waals surface area (Å²) in [4.78, 5) is 31.6. The van der Waals surface area contributed by atoms with Gasteiger partial charge in [0.15, 0.2) is 5.65 Å². The zero-order valence-corrected chi connectivity index (χ0v) is 29.0. The normalized spacial score (nSPS) is 26.8. The predicted molar refractivity (Wildman–Crippen MR) is 185 cm³/mol. The Morgan fingerprint density at radius 2 is 1.78 bits per heavy atom. The van der Waals surface area contributed by atoms with Crippen molar-refractivity contribution >= 4 is 23.1 Å². The fourth-order valence-corrected chi connectivity index (χ4v) is 9.77. The minimum absolute atomic E-state index is 0.00582. The average molecular weight is 667 g/mol. The number of methoxy groups -OCH3 is 1. The van der Waals surface area contributed by atoms with Crippen molar-refractivity contribution in [3.63, 3.8) is 0 Å². The molecular formula is C37H46N8O4. The summed E-state index contributed by atoms with van der Waals surface area (Å²) in [5, 5.41) is 30.0. The van der Waals surface area contributed by atoms with Gasteiger partial charge in [-0.3, -0.25) is 0 Å². The highest BCUT2D eigenvalue weighted by Gasteiger charge is 2.65. The van der Waals surface area contributed by atoms with E-state index in [9.17, 15) is 15.0 Å². The van der Waals surface area contributed by atoms with Crippen LogP contribution >= 0.6 is 0 Å². The molecule has 3 fully saturated rings. The number of rotatable bonds is 5. The number of aromatic hydroxyl groups is 1. The van der Waals surface area contributed by atoms with Gasteiger partial charge in [-0.15, -0.1) is 10.2 Å². The van der Waals surface area contributed by atoms with Crippen LogP contribution in [0, 0.1) is 10.8 Å². The highest BCUT2D eigenvalue weighted by molar-refractivity contribution is 5.86. The number of amides is 1. The van der Waals surface area contributed by atoms with E-state index in [1.54, 1.807) is 24.1 Å². The molecule has 8 rings (SSSR count). The fraction of sp³-hybridized carbons (Fsp3) is 0.541. The first-order valence-electron chi connectivity index (χ1n) is 17.5. The minimum atomic E-state index is -0.795. The molecule has 3 aromatic heterocycles. The zero-order valence-electron chi connectivity index (χ0n) is 29.0. The van der Waals surface area contributed by atoms with Gasteiger partial charge >= 0.3 is 6.09 Å². The van der Waals surface area contributed by atoms with Gasteiger partial charge in [0.05, 0.1) is 17.3 Å². The second kappa shape index (κ2) is 11.4. The third-order valence-electron chi connectivity index (χ3n) is 12.0. The number of piperidine rings is 1. The number of carbonyl (C=O) groups is 1. The molecule has 4 aliphatic rings. The van der Waals surface area contributed by atoms with E-state index in [-0.39, 0.29) is 28.7 Å². The SMILES string of the molecule is COC1(c2cnc(N3CCc4[nH]c5nnc(-c6ccccc6O)cc5c4[C@H]3C)nc2)CCN(C2CC3(C2)CN(C(=O)O)[C@@H]3C(C)(C)C)CC1. The first kappa shape index (κ1) is 31.9. The van der Waals surface area contributed by atoms with Gasteiger partial charge in [0.25, 0.3) is 0 Å². The Hall–Kier alpha value is -4.29. The van der Waals surface area contributed by atoms with Crippen LogP contribution in [0.5, 0.6) is 5.75 Å². The highest BCUT2D eigenvalue weighted by Crippen LogP contribution is 2.59. The molecular weight excluding hydrogens is 620 g/mol. The van der Waals surface area contributed by atoms with E-state index in [4.69, 9.17) is 14.7 Å². The maximum absolute atomic E-state index is 11.8. The van der Waals surface area contributed by atoms with Gasteiger partial charge in [0.2, 0.25) is 5.95 Å². The highest BCUT2D eigenvalue weighted by atomic mass is 16.5. The van der Waals surface area contributed by atoms with Crippen molar-refractivity contribution in [3.8, 4) is 17.0 Å². The van der Waals surface area contributed by atoms with Crippen molar-refractivity contribution in [2.45, 2.75) is 83.5 Å². The van der Waals surface area contributed by atoms with E-state index in [2.05, 4.69) is 52.7 Å². The summed E-state index contributed by atoms with van der Waals surface area (Å²) < 4.78 is 6.24. The molecule has 12 heteroatoms. The summed E-state index contributed by atoms with van der Waals surface area (Å²) in [5.41, 5.74) is 4.94.